The van der Waals surface area contributed by atoms with Crippen molar-refractivity contribution in [3.8, 4) is 0 Å². The fourth-order valence-electron chi connectivity index (χ4n) is 4.90. The number of hydrogen-bond donors (Lipinski definition) is 1. The smallest absolute Gasteiger partial charge is 0.0110 e. The van der Waals surface area contributed by atoms with Crippen LogP contribution in [0, 0.1) is 0 Å². The molecule has 1 fully saturated rings. The van der Waals surface area contributed by atoms with Gasteiger partial charge >= 0.3 is 0 Å². The molecule has 1 aliphatic heterocycles. The molecule has 3 heteroatoms. The fourth-order valence-corrected chi connectivity index (χ4v) is 4.90. The van der Waals surface area contributed by atoms with Crippen molar-refractivity contribution in [2.45, 2.75) is 129 Å². The Kier molecular flexibility index (Phi) is 23.0. The van der Waals surface area contributed by atoms with E-state index in [1.54, 1.807) is 0 Å². The molecule has 196 valence electrons. The van der Waals surface area contributed by atoms with Gasteiger partial charge in [0.2, 0.25) is 0 Å². The third-order valence-electron chi connectivity index (χ3n) is 7.26. The predicted molar refractivity (Wildman–Crippen MR) is 149 cm³/mol. The van der Waals surface area contributed by atoms with Crippen LogP contribution in [0.15, 0.2) is 12.2 Å². The van der Waals surface area contributed by atoms with Gasteiger partial charge < -0.3 is 10.2 Å². The lowest BCUT2D eigenvalue weighted by atomic mass is 10.1. The zero-order chi connectivity index (χ0) is 23.7. The van der Waals surface area contributed by atoms with E-state index in [9.17, 15) is 0 Å². The van der Waals surface area contributed by atoms with Gasteiger partial charge in [0.1, 0.15) is 0 Å². The van der Waals surface area contributed by atoms with E-state index >= 15 is 0 Å². The minimum Gasteiger partial charge on any atom is -0.314 e. The molecule has 0 aromatic rings. The van der Waals surface area contributed by atoms with Crippen LogP contribution in [0.1, 0.15) is 129 Å². The van der Waals surface area contributed by atoms with Crippen LogP contribution in [0.25, 0.3) is 0 Å². The molecule has 0 atom stereocenters. The number of unbranched alkanes of at least 4 members (excludes halogenated alkanes) is 15. The predicted octanol–water partition coefficient (Wildman–Crippen LogP) is 7.81. The highest BCUT2D eigenvalue weighted by molar-refractivity contribution is 4.81. The van der Waals surface area contributed by atoms with Crippen LogP contribution in [0.5, 0.6) is 0 Å². The Bertz CT molecular complexity index is 403. The van der Waals surface area contributed by atoms with E-state index in [0.29, 0.717) is 0 Å². The Morgan fingerprint density at radius 1 is 0.576 bits per heavy atom. The molecular weight excluding hydrogens is 402 g/mol. The summed E-state index contributed by atoms with van der Waals surface area (Å²) in [6.07, 6.45) is 30.0. The molecule has 0 unspecified atom stereocenters. The molecule has 1 rings (SSSR count). The van der Waals surface area contributed by atoms with Crippen molar-refractivity contribution in [3.63, 3.8) is 0 Å². The number of nitrogens with zero attached hydrogens (tertiary/aromatic N) is 2. The molecule has 1 N–H and O–H groups in total. The molecule has 3 nitrogen and oxygen atoms in total. The van der Waals surface area contributed by atoms with Crippen LogP contribution in [-0.2, 0) is 0 Å². The van der Waals surface area contributed by atoms with Gasteiger partial charge in [0, 0.05) is 39.3 Å². The standard InChI is InChI=1S/C30H61N3/c1-3-5-7-9-11-13-15-17-19-21-25-32(29-30-33-27-23-31-24-28-33)26-22-20-18-16-14-12-10-8-6-4-2/h11,13,31H,3-10,12,14-30H2,1-2H3. The van der Waals surface area contributed by atoms with E-state index in [-0.39, 0.29) is 0 Å². The highest BCUT2D eigenvalue weighted by Gasteiger charge is 2.11. The normalized spacial score (nSPS) is 15.2. The van der Waals surface area contributed by atoms with Gasteiger partial charge in [0.25, 0.3) is 0 Å². The topological polar surface area (TPSA) is 18.5 Å². The maximum atomic E-state index is 3.49. The highest BCUT2D eigenvalue weighted by atomic mass is 15.2. The Morgan fingerprint density at radius 2 is 1.03 bits per heavy atom. The average Bonchev–Trinajstić information content (AvgIpc) is 2.85. The Hall–Kier alpha value is -0.380. The first-order valence-electron chi connectivity index (χ1n) is 15.2. The van der Waals surface area contributed by atoms with Crippen LogP contribution in [0.3, 0.4) is 0 Å². The summed E-state index contributed by atoms with van der Waals surface area (Å²) in [6, 6.07) is 0. The van der Waals surface area contributed by atoms with Crippen molar-refractivity contribution < 1.29 is 0 Å². The van der Waals surface area contributed by atoms with E-state index in [2.05, 4.69) is 41.1 Å². The van der Waals surface area contributed by atoms with Crippen LogP contribution < -0.4 is 5.32 Å². The maximum Gasteiger partial charge on any atom is 0.0110 e. The second kappa shape index (κ2) is 24.7. The number of rotatable bonds is 24. The van der Waals surface area contributed by atoms with Crippen molar-refractivity contribution >= 4 is 0 Å². The Labute approximate surface area is 209 Å². The summed E-state index contributed by atoms with van der Waals surface area (Å²) in [6.45, 7) is 14.6. The molecule has 0 spiro atoms. The Morgan fingerprint density at radius 3 is 1.61 bits per heavy atom. The molecule has 0 saturated carbocycles. The van der Waals surface area contributed by atoms with Gasteiger partial charge in [-0.2, -0.15) is 0 Å². The van der Waals surface area contributed by atoms with E-state index in [1.807, 2.05) is 0 Å². The zero-order valence-corrected chi connectivity index (χ0v) is 22.9. The zero-order valence-electron chi connectivity index (χ0n) is 22.9. The van der Waals surface area contributed by atoms with Gasteiger partial charge in [-0.1, -0.05) is 103 Å². The van der Waals surface area contributed by atoms with Gasteiger partial charge in [-0.05, 0) is 51.6 Å². The first-order chi connectivity index (χ1) is 16.4. The Balaban J connectivity index is 2.11. The lowest BCUT2D eigenvalue weighted by molar-refractivity contribution is 0.184. The van der Waals surface area contributed by atoms with Gasteiger partial charge in [0.15, 0.2) is 0 Å². The lowest BCUT2D eigenvalue weighted by Crippen LogP contribution is -2.46. The first-order valence-corrected chi connectivity index (χ1v) is 15.2. The lowest BCUT2D eigenvalue weighted by Gasteiger charge is -2.30. The summed E-state index contributed by atoms with van der Waals surface area (Å²) in [4.78, 5) is 5.44. The van der Waals surface area contributed by atoms with Crippen LogP contribution in [-0.4, -0.2) is 62.2 Å². The van der Waals surface area contributed by atoms with Crippen molar-refractivity contribution in [2.75, 3.05) is 52.4 Å². The van der Waals surface area contributed by atoms with E-state index in [0.717, 1.165) is 0 Å². The molecule has 33 heavy (non-hydrogen) atoms. The molecule has 0 radical (unpaired) electrons. The third-order valence-corrected chi connectivity index (χ3v) is 7.26. The van der Waals surface area contributed by atoms with Gasteiger partial charge in [-0.25, -0.2) is 0 Å². The van der Waals surface area contributed by atoms with Crippen LogP contribution in [0.2, 0.25) is 0 Å². The monoisotopic (exact) mass is 463 g/mol. The van der Waals surface area contributed by atoms with Gasteiger partial charge in [0.05, 0.1) is 0 Å². The summed E-state index contributed by atoms with van der Waals surface area (Å²) >= 11 is 0. The number of allylic oxidation sites excluding steroid dienone is 2. The molecule has 1 heterocycles. The third kappa shape index (κ3) is 20.7. The van der Waals surface area contributed by atoms with Gasteiger partial charge in [-0.15, -0.1) is 0 Å². The average molecular weight is 464 g/mol. The minimum atomic E-state index is 1.17. The quantitative estimate of drug-likeness (QED) is 0.116. The molecule has 0 aliphatic carbocycles. The summed E-state index contributed by atoms with van der Waals surface area (Å²) in [5.41, 5.74) is 0. The molecule has 1 saturated heterocycles. The summed E-state index contributed by atoms with van der Waals surface area (Å²) in [5.74, 6) is 0. The largest absolute Gasteiger partial charge is 0.314 e. The minimum absolute atomic E-state index is 1.17. The molecule has 0 aromatic heterocycles. The molecule has 1 aliphatic rings. The second-order valence-corrected chi connectivity index (χ2v) is 10.4. The van der Waals surface area contributed by atoms with Crippen molar-refractivity contribution in [2.24, 2.45) is 0 Å². The summed E-state index contributed by atoms with van der Waals surface area (Å²) in [7, 11) is 0. The number of hydrogen-bond acceptors (Lipinski definition) is 3. The van der Waals surface area contributed by atoms with E-state index < -0.39 is 0 Å². The number of nitrogens with one attached hydrogen (secondary N) is 1. The van der Waals surface area contributed by atoms with Crippen LogP contribution >= 0.6 is 0 Å². The second-order valence-electron chi connectivity index (χ2n) is 10.4. The molecular formula is C30H61N3. The highest BCUT2D eigenvalue weighted by Crippen LogP contribution is 2.12. The fraction of sp³-hybridized carbons (Fsp3) is 0.933. The maximum absolute atomic E-state index is 3.49. The van der Waals surface area contributed by atoms with Crippen molar-refractivity contribution in [1.29, 1.82) is 0 Å². The summed E-state index contributed by atoms with van der Waals surface area (Å²) in [5, 5.41) is 3.49. The molecule has 0 aromatic carbocycles. The first kappa shape index (κ1) is 30.7. The molecule has 0 bridgehead atoms. The summed E-state index contributed by atoms with van der Waals surface area (Å²) < 4.78 is 0. The SMILES string of the molecule is CCCCCC=CCCCCCN(CCCCCCCCCCCC)CCN1CCNCC1. The van der Waals surface area contributed by atoms with Gasteiger partial charge in [-0.3, -0.25) is 4.90 Å². The van der Waals surface area contributed by atoms with E-state index in [4.69, 9.17) is 0 Å². The van der Waals surface area contributed by atoms with E-state index in [1.165, 1.54) is 168 Å². The molecule has 0 amide bonds. The van der Waals surface area contributed by atoms with Crippen molar-refractivity contribution in [3.05, 3.63) is 12.2 Å². The van der Waals surface area contributed by atoms with Crippen LogP contribution in [0.4, 0.5) is 0 Å². The van der Waals surface area contributed by atoms with Crippen molar-refractivity contribution in [1.82, 2.24) is 15.1 Å². The number of piperazine rings is 1.